The monoisotopic (exact) mass is 286 g/mol. The van der Waals surface area contributed by atoms with E-state index in [4.69, 9.17) is 5.11 Å². The quantitative estimate of drug-likeness (QED) is 0.806. The highest BCUT2D eigenvalue weighted by Gasteiger charge is 2.13. The van der Waals surface area contributed by atoms with Gasteiger partial charge in [0.2, 0.25) is 0 Å². The lowest BCUT2D eigenvalue weighted by Gasteiger charge is -2.01. The first-order valence-corrected chi connectivity index (χ1v) is 4.98. The van der Waals surface area contributed by atoms with Crippen molar-refractivity contribution in [1.82, 2.24) is 0 Å². The Morgan fingerprint density at radius 1 is 1.46 bits per heavy atom. The third-order valence-electron chi connectivity index (χ3n) is 2.12. The Hall–Kier alpha value is -0.840. The molecular formula is C10H7IO2. The predicted octanol–water partition coefficient (Wildman–Crippen LogP) is 2.72. The molecule has 66 valence electrons. The molecule has 13 heavy (non-hydrogen) atoms. The maximum absolute atomic E-state index is 10.7. The largest absolute Gasteiger partial charge is 0.478 e. The van der Waals surface area contributed by atoms with Crippen LogP contribution in [-0.2, 0) is 6.42 Å². The van der Waals surface area contributed by atoms with E-state index in [1.165, 1.54) is 5.56 Å². The summed E-state index contributed by atoms with van der Waals surface area (Å²) >= 11 is 2.23. The molecule has 0 aliphatic heterocycles. The molecule has 1 N–H and O–H groups in total. The van der Waals surface area contributed by atoms with Crippen LogP contribution in [0.25, 0.3) is 3.58 Å². The van der Waals surface area contributed by atoms with Gasteiger partial charge in [0.05, 0.1) is 5.56 Å². The van der Waals surface area contributed by atoms with Crippen molar-refractivity contribution in [3.05, 3.63) is 41.0 Å². The van der Waals surface area contributed by atoms with Crippen LogP contribution in [0.5, 0.6) is 0 Å². The van der Waals surface area contributed by atoms with E-state index in [0.29, 0.717) is 5.56 Å². The van der Waals surface area contributed by atoms with E-state index in [1.807, 2.05) is 6.07 Å². The highest BCUT2D eigenvalue weighted by molar-refractivity contribution is 14.1. The minimum absolute atomic E-state index is 0.364. The fourth-order valence-corrected chi connectivity index (χ4v) is 2.14. The maximum atomic E-state index is 10.7. The number of rotatable bonds is 1. The first-order chi connectivity index (χ1) is 6.18. The van der Waals surface area contributed by atoms with Crippen LogP contribution in [0.3, 0.4) is 0 Å². The minimum Gasteiger partial charge on any atom is -0.478 e. The van der Waals surface area contributed by atoms with Gasteiger partial charge in [0.15, 0.2) is 0 Å². The Bertz CT molecular complexity index is 407. The van der Waals surface area contributed by atoms with Gasteiger partial charge in [0, 0.05) is 3.58 Å². The standard InChI is InChI=1S/C10H7IO2/c11-9-4-3-6-1-2-7(10(12)13)5-8(6)9/h1-2,4-5H,3H2,(H,12,13). The van der Waals surface area contributed by atoms with Gasteiger partial charge in [-0.25, -0.2) is 4.79 Å². The van der Waals surface area contributed by atoms with Crippen LogP contribution in [0.15, 0.2) is 24.3 Å². The smallest absolute Gasteiger partial charge is 0.335 e. The summed E-state index contributed by atoms with van der Waals surface area (Å²) in [6.07, 6.45) is 3.03. The van der Waals surface area contributed by atoms with Gasteiger partial charge >= 0.3 is 5.97 Å². The van der Waals surface area contributed by atoms with Gasteiger partial charge in [-0.1, -0.05) is 12.1 Å². The van der Waals surface area contributed by atoms with E-state index >= 15 is 0 Å². The second-order valence-electron chi connectivity index (χ2n) is 2.93. The molecule has 0 spiro atoms. The zero-order valence-corrected chi connectivity index (χ0v) is 8.91. The fraction of sp³-hybridized carbons (Fsp3) is 0.100. The Kier molecular flexibility index (Phi) is 2.11. The molecule has 1 aromatic rings. The highest BCUT2D eigenvalue weighted by Crippen LogP contribution is 2.32. The second-order valence-corrected chi connectivity index (χ2v) is 4.10. The molecule has 0 amide bonds. The topological polar surface area (TPSA) is 37.3 Å². The van der Waals surface area contributed by atoms with Gasteiger partial charge in [-0.15, -0.1) is 0 Å². The predicted molar refractivity (Wildman–Crippen MR) is 59.1 cm³/mol. The summed E-state index contributed by atoms with van der Waals surface area (Å²) in [5.41, 5.74) is 2.65. The van der Waals surface area contributed by atoms with Crippen molar-refractivity contribution in [2.75, 3.05) is 0 Å². The van der Waals surface area contributed by atoms with Gasteiger partial charge < -0.3 is 5.11 Å². The lowest BCUT2D eigenvalue weighted by molar-refractivity contribution is 0.0697. The number of fused-ring (bicyclic) bond motifs is 1. The van der Waals surface area contributed by atoms with Crippen molar-refractivity contribution in [2.45, 2.75) is 6.42 Å². The fourth-order valence-electron chi connectivity index (χ4n) is 1.42. The molecule has 1 aromatic carbocycles. The van der Waals surface area contributed by atoms with Crippen LogP contribution >= 0.6 is 22.6 Å². The van der Waals surface area contributed by atoms with Crippen molar-refractivity contribution in [1.29, 1.82) is 0 Å². The maximum Gasteiger partial charge on any atom is 0.335 e. The van der Waals surface area contributed by atoms with Crippen molar-refractivity contribution >= 4 is 32.1 Å². The van der Waals surface area contributed by atoms with Gasteiger partial charge in [0.1, 0.15) is 0 Å². The lowest BCUT2D eigenvalue weighted by atomic mass is 10.1. The molecular weight excluding hydrogens is 279 g/mol. The Morgan fingerprint density at radius 2 is 2.23 bits per heavy atom. The molecule has 0 atom stereocenters. The first kappa shape index (κ1) is 8.74. The number of benzene rings is 1. The molecule has 1 aliphatic carbocycles. The van der Waals surface area contributed by atoms with Crippen LogP contribution in [-0.4, -0.2) is 11.1 Å². The summed E-state index contributed by atoms with van der Waals surface area (Å²) in [4.78, 5) is 10.7. The highest BCUT2D eigenvalue weighted by atomic mass is 127. The molecule has 0 bridgehead atoms. The van der Waals surface area contributed by atoms with Crippen LogP contribution in [0.2, 0.25) is 0 Å². The molecule has 0 heterocycles. The van der Waals surface area contributed by atoms with Crippen molar-refractivity contribution in [3.8, 4) is 0 Å². The third-order valence-corrected chi connectivity index (χ3v) is 3.14. The second kappa shape index (κ2) is 3.14. The van der Waals surface area contributed by atoms with Crippen molar-refractivity contribution < 1.29 is 9.90 Å². The number of hydrogen-bond donors (Lipinski definition) is 1. The van der Waals surface area contributed by atoms with Crippen molar-refractivity contribution in [2.24, 2.45) is 0 Å². The zero-order chi connectivity index (χ0) is 9.42. The normalized spacial score (nSPS) is 13.8. The van der Waals surface area contributed by atoms with Gasteiger partial charge in [0.25, 0.3) is 0 Å². The number of hydrogen-bond acceptors (Lipinski definition) is 1. The van der Waals surface area contributed by atoms with Gasteiger partial charge in [-0.2, -0.15) is 0 Å². The number of halogens is 1. The van der Waals surface area contributed by atoms with Crippen molar-refractivity contribution in [3.63, 3.8) is 0 Å². The molecule has 2 rings (SSSR count). The van der Waals surface area contributed by atoms with Crippen LogP contribution in [0.1, 0.15) is 21.5 Å². The average Bonchev–Trinajstić information content (AvgIpc) is 2.47. The van der Waals surface area contributed by atoms with E-state index < -0.39 is 5.97 Å². The zero-order valence-electron chi connectivity index (χ0n) is 6.75. The van der Waals surface area contributed by atoms with Crippen LogP contribution < -0.4 is 0 Å². The molecule has 0 fully saturated rings. The Labute approximate surface area is 89.4 Å². The molecule has 0 saturated heterocycles. The Morgan fingerprint density at radius 3 is 2.92 bits per heavy atom. The molecule has 0 aromatic heterocycles. The molecule has 0 unspecified atom stereocenters. The summed E-state index contributed by atoms with van der Waals surface area (Å²) in [7, 11) is 0. The molecule has 0 saturated carbocycles. The van der Waals surface area contributed by atoms with E-state index in [1.54, 1.807) is 12.1 Å². The van der Waals surface area contributed by atoms with E-state index in [-0.39, 0.29) is 0 Å². The van der Waals surface area contributed by atoms with Gasteiger partial charge in [-0.3, -0.25) is 0 Å². The minimum atomic E-state index is -0.862. The van der Waals surface area contributed by atoms with E-state index in [0.717, 1.165) is 15.6 Å². The average molecular weight is 286 g/mol. The third kappa shape index (κ3) is 1.48. The first-order valence-electron chi connectivity index (χ1n) is 3.91. The number of carboxylic acids is 1. The summed E-state index contributed by atoms with van der Waals surface area (Å²) in [6.45, 7) is 0. The summed E-state index contributed by atoms with van der Waals surface area (Å²) in [6, 6.07) is 5.29. The number of carboxylic acid groups (broad SMARTS) is 1. The van der Waals surface area contributed by atoms with Crippen LogP contribution in [0, 0.1) is 0 Å². The molecule has 0 radical (unpaired) electrons. The number of carbonyl (C=O) groups is 1. The number of aromatic carboxylic acids is 1. The summed E-state index contributed by atoms with van der Waals surface area (Å²) in [5, 5.41) is 8.78. The van der Waals surface area contributed by atoms with E-state index in [9.17, 15) is 4.79 Å². The van der Waals surface area contributed by atoms with E-state index in [2.05, 4.69) is 28.7 Å². The van der Waals surface area contributed by atoms with Gasteiger partial charge in [-0.05, 0) is 52.3 Å². The molecule has 1 aliphatic rings. The summed E-state index contributed by atoms with van der Waals surface area (Å²) < 4.78 is 1.15. The SMILES string of the molecule is O=C(O)c1ccc2c(c1)C(I)=CC2. The van der Waals surface area contributed by atoms with Crippen LogP contribution in [0.4, 0.5) is 0 Å². The lowest BCUT2D eigenvalue weighted by Crippen LogP contribution is -1.97. The molecule has 2 nitrogen and oxygen atoms in total. The number of allylic oxidation sites excluding steroid dienone is 1. The Balaban J connectivity index is 2.53. The summed E-state index contributed by atoms with van der Waals surface area (Å²) in [5.74, 6) is -0.862. The molecule has 3 heteroatoms.